The summed E-state index contributed by atoms with van der Waals surface area (Å²) in [6, 6.07) is 0.492. The third-order valence-corrected chi connectivity index (χ3v) is 4.82. The van der Waals surface area contributed by atoms with Gasteiger partial charge in [0.25, 0.3) is 5.56 Å². The van der Waals surface area contributed by atoms with Crippen LogP contribution in [0.2, 0.25) is 5.15 Å². The standard InChI is InChI=1S/C12H17ClIN3O2/c1-8(2)16-3-4-19-9(5-16)6-17-7-15-11(13)10(14)12(17)18/h7-9H,3-6H2,1-2H3. The van der Waals surface area contributed by atoms with Crippen LogP contribution in [-0.2, 0) is 11.3 Å². The highest BCUT2D eigenvalue weighted by molar-refractivity contribution is 14.1. The monoisotopic (exact) mass is 397 g/mol. The Hall–Kier alpha value is -0.180. The minimum Gasteiger partial charge on any atom is -0.374 e. The van der Waals surface area contributed by atoms with Crippen LogP contribution in [-0.4, -0.2) is 46.3 Å². The van der Waals surface area contributed by atoms with Crippen LogP contribution in [0.4, 0.5) is 0 Å². The van der Waals surface area contributed by atoms with Crippen LogP contribution in [0, 0.1) is 3.57 Å². The molecule has 2 heterocycles. The van der Waals surface area contributed by atoms with Gasteiger partial charge in [-0.2, -0.15) is 0 Å². The summed E-state index contributed by atoms with van der Waals surface area (Å²) in [6.45, 7) is 7.34. The fourth-order valence-electron chi connectivity index (χ4n) is 2.11. The highest BCUT2D eigenvalue weighted by Gasteiger charge is 2.23. The van der Waals surface area contributed by atoms with Crippen molar-refractivity contribution in [2.24, 2.45) is 0 Å². The molecule has 1 aromatic heterocycles. The number of hydrogen-bond donors (Lipinski definition) is 0. The number of hydrogen-bond acceptors (Lipinski definition) is 4. The molecule has 0 radical (unpaired) electrons. The van der Waals surface area contributed by atoms with Crippen molar-refractivity contribution in [1.82, 2.24) is 14.5 Å². The zero-order valence-corrected chi connectivity index (χ0v) is 13.9. The Balaban J connectivity index is 2.09. The maximum atomic E-state index is 12.0. The molecule has 2 rings (SSSR count). The van der Waals surface area contributed by atoms with E-state index in [1.54, 1.807) is 4.57 Å². The van der Waals surface area contributed by atoms with Gasteiger partial charge in [-0.3, -0.25) is 14.3 Å². The van der Waals surface area contributed by atoms with Crippen LogP contribution in [0.25, 0.3) is 0 Å². The van der Waals surface area contributed by atoms with Gasteiger partial charge in [0.05, 0.1) is 25.6 Å². The van der Waals surface area contributed by atoms with Crippen molar-refractivity contribution in [2.75, 3.05) is 19.7 Å². The molecule has 1 fully saturated rings. The lowest BCUT2D eigenvalue weighted by Crippen LogP contribution is -2.48. The van der Waals surface area contributed by atoms with Crippen molar-refractivity contribution in [1.29, 1.82) is 0 Å². The first-order valence-electron chi connectivity index (χ1n) is 6.25. The molecule has 1 aromatic rings. The molecule has 0 N–H and O–H groups in total. The Morgan fingerprint density at radius 2 is 2.37 bits per heavy atom. The summed E-state index contributed by atoms with van der Waals surface area (Å²) in [5.74, 6) is 0. The van der Waals surface area contributed by atoms with E-state index in [-0.39, 0.29) is 16.8 Å². The number of halogens is 2. The third-order valence-electron chi connectivity index (χ3n) is 3.24. The molecule has 0 amide bonds. The molecule has 0 saturated carbocycles. The van der Waals surface area contributed by atoms with Gasteiger partial charge in [0.2, 0.25) is 0 Å². The fourth-order valence-corrected chi connectivity index (χ4v) is 2.69. The highest BCUT2D eigenvalue weighted by Crippen LogP contribution is 2.12. The van der Waals surface area contributed by atoms with Gasteiger partial charge >= 0.3 is 0 Å². The Morgan fingerprint density at radius 3 is 3.05 bits per heavy atom. The van der Waals surface area contributed by atoms with E-state index in [4.69, 9.17) is 16.3 Å². The van der Waals surface area contributed by atoms with Crippen LogP contribution >= 0.6 is 34.2 Å². The third kappa shape index (κ3) is 3.68. The van der Waals surface area contributed by atoms with E-state index >= 15 is 0 Å². The molecule has 1 atom stereocenters. The van der Waals surface area contributed by atoms with Gasteiger partial charge in [0, 0.05) is 19.1 Å². The van der Waals surface area contributed by atoms with Crippen LogP contribution in [0.5, 0.6) is 0 Å². The molecule has 1 saturated heterocycles. The first kappa shape index (κ1) is 15.2. The Labute approximate surface area is 131 Å². The lowest BCUT2D eigenvalue weighted by molar-refractivity contribution is -0.0461. The van der Waals surface area contributed by atoms with Gasteiger partial charge in [0.15, 0.2) is 0 Å². The molecular formula is C12H17ClIN3O2. The number of nitrogens with zero attached hydrogens (tertiary/aromatic N) is 3. The molecule has 1 unspecified atom stereocenters. The van der Waals surface area contributed by atoms with Crippen LogP contribution in [0.3, 0.4) is 0 Å². The van der Waals surface area contributed by atoms with Crippen molar-refractivity contribution in [3.63, 3.8) is 0 Å². The van der Waals surface area contributed by atoms with Crippen molar-refractivity contribution in [3.8, 4) is 0 Å². The summed E-state index contributed by atoms with van der Waals surface area (Å²) in [4.78, 5) is 18.4. The highest BCUT2D eigenvalue weighted by atomic mass is 127. The molecule has 1 aliphatic rings. The zero-order valence-electron chi connectivity index (χ0n) is 11.0. The van der Waals surface area contributed by atoms with E-state index in [0.29, 0.717) is 22.8 Å². The van der Waals surface area contributed by atoms with E-state index in [0.717, 1.165) is 13.1 Å². The predicted molar refractivity (Wildman–Crippen MR) is 82.7 cm³/mol. The second kappa shape index (κ2) is 6.51. The summed E-state index contributed by atoms with van der Waals surface area (Å²) in [5, 5.41) is 0.259. The Bertz CT molecular complexity index is 506. The van der Waals surface area contributed by atoms with Gasteiger partial charge in [-0.25, -0.2) is 4.98 Å². The molecule has 0 bridgehead atoms. The summed E-state index contributed by atoms with van der Waals surface area (Å²) in [6.07, 6.45) is 1.51. The van der Waals surface area contributed by atoms with E-state index in [2.05, 4.69) is 23.7 Å². The molecular weight excluding hydrogens is 381 g/mol. The summed E-state index contributed by atoms with van der Waals surface area (Å²) in [7, 11) is 0. The number of morpholine rings is 1. The van der Waals surface area contributed by atoms with Crippen molar-refractivity contribution in [2.45, 2.75) is 32.5 Å². The maximum absolute atomic E-state index is 12.0. The quantitative estimate of drug-likeness (QED) is 0.574. The van der Waals surface area contributed by atoms with E-state index in [1.807, 2.05) is 22.6 Å². The predicted octanol–water partition coefficient (Wildman–Crippen LogP) is 1.61. The van der Waals surface area contributed by atoms with Crippen molar-refractivity contribution in [3.05, 3.63) is 25.4 Å². The molecule has 0 spiro atoms. The van der Waals surface area contributed by atoms with Gasteiger partial charge in [0.1, 0.15) is 8.72 Å². The molecule has 19 heavy (non-hydrogen) atoms. The molecule has 1 aliphatic heterocycles. The van der Waals surface area contributed by atoms with E-state index < -0.39 is 0 Å². The molecule has 0 aromatic carbocycles. The lowest BCUT2D eigenvalue weighted by Gasteiger charge is -2.35. The second-order valence-corrected chi connectivity index (χ2v) is 6.33. The lowest BCUT2D eigenvalue weighted by atomic mass is 10.2. The van der Waals surface area contributed by atoms with Gasteiger partial charge < -0.3 is 4.74 Å². The summed E-state index contributed by atoms with van der Waals surface area (Å²) >= 11 is 7.75. The summed E-state index contributed by atoms with van der Waals surface area (Å²) < 4.78 is 7.75. The van der Waals surface area contributed by atoms with Crippen molar-refractivity contribution >= 4 is 34.2 Å². The van der Waals surface area contributed by atoms with Gasteiger partial charge in [-0.15, -0.1) is 0 Å². The van der Waals surface area contributed by atoms with E-state index in [1.165, 1.54) is 6.33 Å². The molecule has 5 nitrogen and oxygen atoms in total. The maximum Gasteiger partial charge on any atom is 0.268 e. The SMILES string of the molecule is CC(C)N1CCOC(Cn2cnc(Cl)c(I)c2=O)C1. The molecule has 0 aliphatic carbocycles. The number of rotatable bonds is 3. The Kier molecular flexibility index (Phi) is 5.22. The average molecular weight is 398 g/mol. The average Bonchev–Trinajstić information content (AvgIpc) is 2.40. The topological polar surface area (TPSA) is 47.4 Å². The second-order valence-electron chi connectivity index (χ2n) is 4.89. The Morgan fingerprint density at radius 1 is 1.63 bits per heavy atom. The summed E-state index contributed by atoms with van der Waals surface area (Å²) in [5.41, 5.74) is -0.106. The minimum absolute atomic E-state index is 0.0209. The van der Waals surface area contributed by atoms with E-state index in [9.17, 15) is 4.79 Å². The van der Waals surface area contributed by atoms with Crippen molar-refractivity contribution < 1.29 is 4.74 Å². The number of ether oxygens (including phenoxy) is 1. The normalized spacial score (nSPS) is 21.0. The fraction of sp³-hybridized carbons (Fsp3) is 0.667. The van der Waals surface area contributed by atoms with Gasteiger partial charge in [-0.05, 0) is 36.4 Å². The first-order valence-corrected chi connectivity index (χ1v) is 7.70. The largest absolute Gasteiger partial charge is 0.374 e. The smallest absolute Gasteiger partial charge is 0.268 e. The first-order chi connectivity index (χ1) is 8.99. The van der Waals surface area contributed by atoms with Gasteiger partial charge in [-0.1, -0.05) is 11.6 Å². The molecule has 7 heteroatoms. The van der Waals surface area contributed by atoms with Crippen LogP contribution < -0.4 is 5.56 Å². The zero-order chi connectivity index (χ0) is 14.0. The minimum atomic E-state index is -0.106. The number of aromatic nitrogens is 2. The molecule has 106 valence electrons. The van der Waals surface area contributed by atoms with Crippen LogP contribution in [0.1, 0.15) is 13.8 Å². The van der Waals surface area contributed by atoms with Crippen LogP contribution in [0.15, 0.2) is 11.1 Å².